The van der Waals surface area contributed by atoms with Crippen molar-refractivity contribution in [3.63, 3.8) is 0 Å². The van der Waals surface area contributed by atoms with E-state index in [0.717, 1.165) is 0 Å². The number of hydrogen-bond donors (Lipinski definition) is 2. The monoisotopic (exact) mass is 334 g/mol. The molecule has 1 unspecified atom stereocenters. The normalized spacial score (nSPS) is 14.8. The fourth-order valence-electron chi connectivity index (χ4n) is 1.17. The van der Waals surface area contributed by atoms with E-state index in [9.17, 15) is 16.8 Å². The van der Waals surface area contributed by atoms with E-state index in [4.69, 9.17) is 15.3 Å². The van der Waals surface area contributed by atoms with Crippen LogP contribution in [-0.4, -0.2) is 51.6 Å². The first-order valence-corrected chi connectivity index (χ1v) is 8.69. The Balaban J connectivity index is 3.97. The van der Waals surface area contributed by atoms with Gasteiger partial charge in [0.15, 0.2) is 0 Å². The average Bonchev–Trinajstić information content (AvgIpc) is 2.41. The highest BCUT2D eigenvalue weighted by molar-refractivity contribution is 7.87. The average molecular weight is 334 g/mol. The Bertz CT molecular complexity index is 480. The van der Waals surface area contributed by atoms with Gasteiger partial charge in [0, 0.05) is 0 Å². The third-order valence-corrected chi connectivity index (χ3v) is 4.76. The van der Waals surface area contributed by atoms with Crippen molar-refractivity contribution in [1.82, 2.24) is 0 Å². The highest BCUT2D eigenvalue weighted by Gasteiger charge is 2.24. The van der Waals surface area contributed by atoms with Crippen LogP contribution < -0.4 is 0 Å². The van der Waals surface area contributed by atoms with Gasteiger partial charge in [-0.1, -0.05) is 19.1 Å². The molecule has 0 saturated carbocycles. The molecule has 9 nitrogen and oxygen atoms in total. The number of allylic oxidation sites excluding steroid dienone is 1. The number of rotatable bonds is 11. The lowest BCUT2D eigenvalue weighted by atomic mass is 10.3. The summed E-state index contributed by atoms with van der Waals surface area (Å²) in [4.78, 5) is 0. The van der Waals surface area contributed by atoms with Gasteiger partial charge in [-0.25, -0.2) is 10.5 Å². The third-order valence-electron chi connectivity index (χ3n) is 2.30. The minimum atomic E-state index is -4.05. The van der Waals surface area contributed by atoms with Crippen molar-refractivity contribution in [2.75, 3.05) is 19.0 Å². The van der Waals surface area contributed by atoms with Gasteiger partial charge < -0.3 is 4.74 Å². The lowest BCUT2D eigenvalue weighted by molar-refractivity contribution is -0.132. The van der Waals surface area contributed by atoms with E-state index in [-0.39, 0.29) is 31.8 Å². The lowest BCUT2D eigenvalue weighted by Gasteiger charge is -2.12. The summed E-state index contributed by atoms with van der Waals surface area (Å²) in [7, 11) is -7.96. The second-order valence-corrected chi connectivity index (χ2v) is 7.21. The molecule has 0 bridgehead atoms. The Morgan fingerprint density at radius 2 is 1.75 bits per heavy atom. The molecule has 11 heteroatoms. The molecule has 0 fully saturated rings. The smallest absolute Gasteiger partial charge is 0.298 e. The molecule has 0 aliphatic heterocycles. The summed E-state index contributed by atoms with van der Waals surface area (Å²) < 4.78 is 55.5. The van der Waals surface area contributed by atoms with E-state index in [1.807, 2.05) is 0 Å². The van der Waals surface area contributed by atoms with Crippen molar-refractivity contribution >= 4 is 20.2 Å². The quantitative estimate of drug-likeness (QED) is 0.237. The fraction of sp³-hybridized carbons (Fsp3) is 0.778. The topological polar surface area (TPSA) is 136 Å². The second-order valence-electron chi connectivity index (χ2n) is 3.73. The minimum absolute atomic E-state index is 0.0669. The van der Waals surface area contributed by atoms with E-state index in [1.165, 1.54) is 12.2 Å². The predicted octanol–water partition coefficient (Wildman–Crippen LogP) is 0.367. The van der Waals surface area contributed by atoms with Crippen molar-refractivity contribution in [2.45, 2.75) is 25.0 Å². The highest BCUT2D eigenvalue weighted by atomic mass is 32.2. The number of hydrogen-bond acceptors (Lipinski definition) is 9. The molecule has 0 aliphatic rings. The molecule has 0 radical (unpaired) electrons. The predicted molar refractivity (Wildman–Crippen MR) is 68.8 cm³/mol. The Morgan fingerprint density at radius 1 is 1.10 bits per heavy atom. The van der Waals surface area contributed by atoms with Crippen molar-refractivity contribution < 1.29 is 40.8 Å². The molecule has 0 aromatic rings. The molecule has 1 atom stereocenters. The van der Waals surface area contributed by atoms with Gasteiger partial charge in [0.05, 0.1) is 19.0 Å². The molecule has 0 saturated heterocycles. The molecule has 20 heavy (non-hydrogen) atoms. The van der Waals surface area contributed by atoms with Crippen molar-refractivity contribution in [1.29, 1.82) is 0 Å². The number of ether oxygens (including phenoxy) is 1. The van der Waals surface area contributed by atoms with Gasteiger partial charge in [0.2, 0.25) is 0 Å². The van der Waals surface area contributed by atoms with Gasteiger partial charge >= 0.3 is 0 Å². The van der Waals surface area contributed by atoms with E-state index in [0.29, 0.717) is 0 Å². The van der Waals surface area contributed by atoms with Crippen molar-refractivity contribution in [3.8, 4) is 0 Å². The van der Waals surface area contributed by atoms with Gasteiger partial charge in [0.1, 0.15) is 5.25 Å². The van der Waals surface area contributed by atoms with Gasteiger partial charge in [-0.2, -0.15) is 16.8 Å². The fourth-order valence-corrected chi connectivity index (χ4v) is 2.46. The van der Waals surface area contributed by atoms with E-state index in [2.05, 4.69) is 8.67 Å². The Morgan fingerprint density at radius 3 is 2.25 bits per heavy atom. The zero-order chi connectivity index (χ0) is 15.6. The summed E-state index contributed by atoms with van der Waals surface area (Å²) in [5.41, 5.74) is 0. The maximum atomic E-state index is 11.2. The van der Waals surface area contributed by atoms with Crippen molar-refractivity contribution in [3.05, 3.63) is 12.2 Å². The van der Waals surface area contributed by atoms with E-state index >= 15 is 0 Å². The Hall–Kier alpha value is -0.560. The van der Waals surface area contributed by atoms with Crippen LogP contribution in [0.3, 0.4) is 0 Å². The van der Waals surface area contributed by atoms with Gasteiger partial charge in [-0.15, -0.1) is 8.67 Å². The molecule has 2 N–H and O–H groups in total. The van der Waals surface area contributed by atoms with Crippen LogP contribution in [0.1, 0.15) is 19.8 Å². The lowest BCUT2D eigenvalue weighted by Crippen LogP contribution is -2.27. The molecule has 120 valence electrons. The molecule has 0 aromatic carbocycles. The summed E-state index contributed by atoms with van der Waals surface area (Å²) in [6, 6.07) is 0. The Kier molecular flexibility index (Phi) is 9.13. The van der Waals surface area contributed by atoms with Crippen LogP contribution in [-0.2, 0) is 33.6 Å². The highest BCUT2D eigenvalue weighted by Crippen LogP contribution is 2.07. The SMILES string of the molecule is CCC(COC/C=C/CCS(=O)(=O)OO)S(=O)(=O)OO. The van der Waals surface area contributed by atoms with Gasteiger partial charge in [-0.3, -0.25) is 0 Å². The van der Waals surface area contributed by atoms with Gasteiger partial charge in [0.25, 0.3) is 20.2 Å². The van der Waals surface area contributed by atoms with Gasteiger partial charge in [-0.05, 0) is 12.8 Å². The maximum absolute atomic E-state index is 11.2. The summed E-state index contributed by atoms with van der Waals surface area (Å²) in [6.45, 7) is 1.50. The first-order valence-electron chi connectivity index (χ1n) is 5.64. The summed E-state index contributed by atoms with van der Waals surface area (Å²) in [5, 5.41) is 15.2. The molecule has 0 heterocycles. The largest absolute Gasteiger partial charge is 0.376 e. The van der Waals surface area contributed by atoms with Crippen molar-refractivity contribution in [2.24, 2.45) is 0 Å². The zero-order valence-electron chi connectivity index (χ0n) is 10.8. The summed E-state index contributed by atoms with van der Waals surface area (Å²) in [6.07, 6.45) is 3.29. The standard InChI is InChI=1S/C9H18O9S2/c1-2-9(20(14,15)18-11)8-16-6-4-3-5-7-19(12,13)17-10/h3-4,9-11H,2,5-8H2,1H3/b4-3+. The van der Waals surface area contributed by atoms with E-state index < -0.39 is 25.5 Å². The van der Waals surface area contributed by atoms with Crippen LogP contribution in [0, 0.1) is 0 Å². The third kappa shape index (κ3) is 7.89. The first kappa shape index (κ1) is 19.4. The van der Waals surface area contributed by atoms with Crippen LogP contribution in [0.5, 0.6) is 0 Å². The molecule has 0 amide bonds. The van der Waals surface area contributed by atoms with Crippen LogP contribution >= 0.6 is 0 Å². The molecule has 0 aromatic heterocycles. The molecule has 0 rings (SSSR count). The first-order chi connectivity index (χ1) is 9.29. The molecule has 0 spiro atoms. The summed E-state index contributed by atoms with van der Waals surface area (Å²) >= 11 is 0. The zero-order valence-corrected chi connectivity index (χ0v) is 12.5. The van der Waals surface area contributed by atoms with Crippen LogP contribution in [0.2, 0.25) is 0 Å². The molecule has 0 aliphatic carbocycles. The van der Waals surface area contributed by atoms with Crippen LogP contribution in [0.4, 0.5) is 0 Å². The van der Waals surface area contributed by atoms with Crippen LogP contribution in [0.15, 0.2) is 12.2 Å². The van der Waals surface area contributed by atoms with Crippen LogP contribution in [0.25, 0.3) is 0 Å². The molecular formula is C9H18O9S2. The Labute approximate surface area is 117 Å². The second kappa shape index (κ2) is 9.39. The molecular weight excluding hydrogens is 316 g/mol. The summed E-state index contributed by atoms with van der Waals surface area (Å²) in [5.74, 6) is -0.385. The minimum Gasteiger partial charge on any atom is -0.376 e. The maximum Gasteiger partial charge on any atom is 0.298 e. The van der Waals surface area contributed by atoms with E-state index in [1.54, 1.807) is 6.92 Å².